The number of aromatic nitrogens is 2. The predicted molar refractivity (Wildman–Crippen MR) is 127 cm³/mol. The standard InChI is InChI=1S/C23H20FN3OS.C2HF3O2/c24-18-8-6-17(7-9-18)21-10-11-22(29-21)23(28)27-19(13-20-14-25-15-26-20)12-16-4-2-1-3-5-16;3-2(4,5)1(6)7/h1-11,14-15,19H,12-13H2,(H,25,26)(H,27,28);(H,6,7). The smallest absolute Gasteiger partial charge is 0.475 e. The van der Waals surface area contributed by atoms with Crippen molar-refractivity contribution in [1.82, 2.24) is 15.3 Å². The zero-order chi connectivity index (χ0) is 26.1. The summed E-state index contributed by atoms with van der Waals surface area (Å²) in [6, 6.07) is 20.0. The molecule has 0 saturated heterocycles. The molecule has 11 heteroatoms. The molecule has 0 saturated carbocycles. The number of benzene rings is 2. The lowest BCUT2D eigenvalue weighted by Gasteiger charge is -2.18. The normalized spacial score (nSPS) is 11.8. The summed E-state index contributed by atoms with van der Waals surface area (Å²) < 4.78 is 44.9. The van der Waals surface area contributed by atoms with Gasteiger partial charge in [-0.15, -0.1) is 11.3 Å². The molecule has 36 heavy (non-hydrogen) atoms. The van der Waals surface area contributed by atoms with E-state index in [9.17, 15) is 22.4 Å². The first-order chi connectivity index (χ1) is 17.1. The molecule has 0 aliphatic rings. The van der Waals surface area contributed by atoms with Gasteiger partial charge in [-0.1, -0.05) is 42.5 Å². The predicted octanol–water partition coefficient (Wildman–Crippen LogP) is 5.49. The van der Waals surface area contributed by atoms with Crippen LogP contribution in [0.2, 0.25) is 0 Å². The van der Waals surface area contributed by atoms with Crippen LogP contribution in [0.25, 0.3) is 10.4 Å². The SMILES string of the molecule is O=C(NC(Cc1ccccc1)Cc1cnc[nH]1)c1ccc(-c2ccc(F)cc2)s1.O=C(O)C(F)(F)F. The number of carbonyl (C=O) groups excluding carboxylic acids is 1. The Morgan fingerprint density at radius 3 is 2.25 bits per heavy atom. The number of carbonyl (C=O) groups is 2. The number of aliphatic carboxylic acids is 1. The minimum atomic E-state index is -5.08. The monoisotopic (exact) mass is 519 g/mol. The Labute approximate surface area is 207 Å². The molecule has 0 aliphatic carbocycles. The van der Waals surface area contributed by atoms with Gasteiger partial charge in [0.25, 0.3) is 5.91 Å². The fraction of sp³-hybridized carbons (Fsp3) is 0.160. The van der Waals surface area contributed by atoms with Gasteiger partial charge in [0.05, 0.1) is 11.2 Å². The Hall–Kier alpha value is -3.99. The van der Waals surface area contributed by atoms with E-state index in [-0.39, 0.29) is 17.8 Å². The van der Waals surface area contributed by atoms with E-state index in [2.05, 4.69) is 27.4 Å². The maximum Gasteiger partial charge on any atom is 0.490 e. The molecule has 3 N–H and O–H groups in total. The second kappa shape index (κ2) is 12.1. The van der Waals surface area contributed by atoms with Gasteiger partial charge in [-0.25, -0.2) is 14.2 Å². The Bertz CT molecular complexity index is 1260. The maximum atomic E-state index is 13.1. The van der Waals surface area contributed by atoms with Crippen LogP contribution in [0.4, 0.5) is 17.6 Å². The van der Waals surface area contributed by atoms with Crippen LogP contribution in [0.3, 0.4) is 0 Å². The van der Waals surface area contributed by atoms with Crippen LogP contribution >= 0.6 is 11.3 Å². The van der Waals surface area contributed by atoms with E-state index in [0.717, 1.165) is 28.1 Å². The highest BCUT2D eigenvalue weighted by molar-refractivity contribution is 7.17. The van der Waals surface area contributed by atoms with Crippen LogP contribution in [0, 0.1) is 5.82 Å². The fourth-order valence-corrected chi connectivity index (χ4v) is 4.14. The van der Waals surface area contributed by atoms with Gasteiger partial charge < -0.3 is 15.4 Å². The Morgan fingerprint density at radius 1 is 1.00 bits per heavy atom. The molecule has 0 fully saturated rings. The molecule has 2 aromatic carbocycles. The van der Waals surface area contributed by atoms with E-state index in [1.807, 2.05) is 30.3 Å². The van der Waals surface area contributed by atoms with Crippen molar-refractivity contribution in [1.29, 1.82) is 0 Å². The number of amides is 1. The average Bonchev–Trinajstić information content (AvgIpc) is 3.52. The molecule has 0 radical (unpaired) electrons. The van der Waals surface area contributed by atoms with Crippen molar-refractivity contribution >= 4 is 23.2 Å². The number of hydrogen-bond donors (Lipinski definition) is 3. The average molecular weight is 520 g/mol. The van der Waals surface area contributed by atoms with Crippen molar-refractivity contribution in [3.05, 3.63) is 101 Å². The van der Waals surface area contributed by atoms with E-state index in [4.69, 9.17) is 9.90 Å². The van der Waals surface area contributed by atoms with E-state index >= 15 is 0 Å². The Balaban J connectivity index is 0.000000454. The lowest BCUT2D eigenvalue weighted by Crippen LogP contribution is -2.37. The van der Waals surface area contributed by atoms with Crippen molar-refractivity contribution in [3.8, 4) is 10.4 Å². The number of thiophene rings is 1. The Kier molecular flexibility index (Phi) is 8.96. The van der Waals surface area contributed by atoms with Crippen molar-refractivity contribution < 1.29 is 32.3 Å². The number of H-pyrrole nitrogens is 1. The zero-order valence-corrected chi connectivity index (χ0v) is 19.4. The van der Waals surface area contributed by atoms with Gasteiger partial charge in [0.1, 0.15) is 5.82 Å². The number of nitrogens with one attached hydrogen (secondary N) is 2. The molecule has 1 atom stereocenters. The van der Waals surface area contributed by atoms with Crippen molar-refractivity contribution in [2.24, 2.45) is 0 Å². The molecular weight excluding hydrogens is 498 g/mol. The summed E-state index contributed by atoms with van der Waals surface area (Å²) >= 11 is 1.40. The highest BCUT2D eigenvalue weighted by atomic mass is 32.1. The molecule has 0 spiro atoms. The second-order valence-electron chi connectivity index (χ2n) is 7.61. The van der Waals surface area contributed by atoms with Gasteiger partial charge in [0.15, 0.2) is 0 Å². The van der Waals surface area contributed by atoms with E-state index in [0.29, 0.717) is 11.3 Å². The molecule has 1 unspecified atom stereocenters. The first-order valence-corrected chi connectivity index (χ1v) is 11.4. The van der Waals surface area contributed by atoms with Crippen LogP contribution in [-0.4, -0.2) is 39.2 Å². The number of alkyl halides is 3. The third kappa shape index (κ3) is 8.05. The number of halogens is 4. The highest BCUT2D eigenvalue weighted by Crippen LogP contribution is 2.28. The molecule has 2 aromatic heterocycles. The van der Waals surface area contributed by atoms with Crippen molar-refractivity contribution in [2.45, 2.75) is 25.1 Å². The summed E-state index contributed by atoms with van der Waals surface area (Å²) in [5.74, 6) is -3.14. The Morgan fingerprint density at radius 2 is 1.67 bits per heavy atom. The molecule has 6 nitrogen and oxygen atoms in total. The number of carboxylic acid groups (broad SMARTS) is 1. The first kappa shape index (κ1) is 26.6. The number of rotatable bonds is 7. The molecule has 2 heterocycles. The molecule has 0 bridgehead atoms. The number of aromatic amines is 1. The van der Waals surface area contributed by atoms with Gasteiger partial charge in [0, 0.05) is 29.2 Å². The zero-order valence-electron chi connectivity index (χ0n) is 18.6. The molecule has 188 valence electrons. The van der Waals surface area contributed by atoms with Crippen LogP contribution in [0.15, 0.2) is 79.3 Å². The van der Waals surface area contributed by atoms with Gasteiger partial charge in [-0.3, -0.25) is 4.79 Å². The van der Waals surface area contributed by atoms with Crippen LogP contribution in [0.1, 0.15) is 20.9 Å². The third-order valence-electron chi connectivity index (χ3n) is 4.88. The summed E-state index contributed by atoms with van der Waals surface area (Å²) in [5, 5.41) is 10.3. The van der Waals surface area contributed by atoms with Gasteiger partial charge in [-0.2, -0.15) is 13.2 Å². The summed E-state index contributed by atoms with van der Waals surface area (Å²) in [6.07, 6.45) is -0.272. The molecule has 0 aliphatic heterocycles. The fourth-order valence-electron chi connectivity index (χ4n) is 3.22. The number of nitrogens with zero attached hydrogens (tertiary/aromatic N) is 1. The van der Waals surface area contributed by atoms with Gasteiger partial charge in [0.2, 0.25) is 0 Å². The first-order valence-electron chi connectivity index (χ1n) is 10.6. The van der Waals surface area contributed by atoms with E-state index in [1.165, 1.54) is 23.5 Å². The van der Waals surface area contributed by atoms with E-state index < -0.39 is 12.1 Å². The van der Waals surface area contributed by atoms with Gasteiger partial charge >= 0.3 is 12.1 Å². The summed E-state index contributed by atoms with van der Waals surface area (Å²) in [7, 11) is 0. The minimum absolute atomic E-state index is 0.0679. The maximum absolute atomic E-state index is 13.1. The molecular formula is C25H21F4N3O3S. The molecule has 4 aromatic rings. The molecule has 1 amide bonds. The largest absolute Gasteiger partial charge is 0.490 e. The van der Waals surface area contributed by atoms with Crippen LogP contribution < -0.4 is 5.32 Å². The summed E-state index contributed by atoms with van der Waals surface area (Å²) in [5.41, 5.74) is 3.04. The summed E-state index contributed by atoms with van der Waals surface area (Å²) in [6.45, 7) is 0. The number of carboxylic acids is 1. The lowest BCUT2D eigenvalue weighted by atomic mass is 10.0. The minimum Gasteiger partial charge on any atom is -0.475 e. The quantitative estimate of drug-likeness (QED) is 0.281. The second-order valence-corrected chi connectivity index (χ2v) is 8.70. The van der Waals surface area contributed by atoms with Crippen molar-refractivity contribution in [2.75, 3.05) is 0 Å². The number of imidazole rings is 1. The van der Waals surface area contributed by atoms with Crippen LogP contribution in [0.5, 0.6) is 0 Å². The molecule has 4 rings (SSSR count). The lowest BCUT2D eigenvalue weighted by molar-refractivity contribution is -0.192. The third-order valence-corrected chi connectivity index (χ3v) is 6.02. The van der Waals surface area contributed by atoms with E-state index in [1.54, 1.807) is 24.7 Å². The number of hydrogen-bond acceptors (Lipinski definition) is 4. The van der Waals surface area contributed by atoms with Crippen molar-refractivity contribution in [3.63, 3.8) is 0 Å². The highest BCUT2D eigenvalue weighted by Gasteiger charge is 2.38. The van der Waals surface area contributed by atoms with Gasteiger partial charge in [-0.05, 0) is 41.8 Å². The topological polar surface area (TPSA) is 95.1 Å². The van der Waals surface area contributed by atoms with Crippen LogP contribution in [-0.2, 0) is 17.6 Å². The summed E-state index contributed by atoms with van der Waals surface area (Å²) in [4.78, 5) is 30.5.